The lowest BCUT2D eigenvalue weighted by Crippen LogP contribution is -2.15. The highest BCUT2D eigenvalue weighted by Crippen LogP contribution is 2.30. The van der Waals surface area contributed by atoms with Gasteiger partial charge in [0.1, 0.15) is 10.8 Å². The molecule has 0 saturated heterocycles. The summed E-state index contributed by atoms with van der Waals surface area (Å²) in [5.74, 6) is 0.0726. The quantitative estimate of drug-likeness (QED) is 0.616. The summed E-state index contributed by atoms with van der Waals surface area (Å²) in [5.41, 5.74) is 2.54. The van der Waals surface area contributed by atoms with E-state index < -0.39 is 0 Å². The monoisotopic (exact) mass is 415 g/mol. The lowest BCUT2D eigenvalue weighted by Gasteiger charge is -2.11. The van der Waals surface area contributed by atoms with Crippen molar-refractivity contribution in [1.82, 2.24) is 4.98 Å². The normalized spacial score (nSPS) is 10.4. The predicted octanol–water partition coefficient (Wildman–Crippen LogP) is 4.61. The maximum atomic E-state index is 12.4. The van der Waals surface area contributed by atoms with Crippen LogP contribution in [0.5, 0.6) is 5.75 Å². The largest absolute Gasteiger partial charge is 0.495 e. The number of hydrogen-bond acceptors (Lipinski definition) is 5. The molecule has 0 aliphatic heterocycles. The molecular weight excluding hydrogens is 398 g/mol. The van der Waals surface area contributed by atoms with Gasteiger partial charge in [0.05, 0.1) is 29.9 Å². The Balaban J connectivity index is 1.69. The van der Waals surface area contributed by atoms with Crippen LogP contribution >= 0.6 is 22.9 Å². The van der Waals surface area contributed by atoms with Crippen LogP contribution in [0.15, 0.2) is 47.8 Å². The second-order valence-corrected chi connectivity index (χ2v) is 7.21. The molecule has 0 aliphatic carbocycles. The van der Waals surface area contributed by atoms with E-state index >= 15 is 0 Å². The molecule has 28 heavy (non-hydrogen) atoms. The molecule has 2 aromatic carbocycles. The third kappa shape index (κ3) is 4.88. The Morgan fingerprint density at radius 1 is 1.18 bits per heavy atom. The molecule has 6 nitrogen and oxygen atoms in total. The fraction of sp³-hybridized carbons (Fsp3) is 0.150. The molecule has 0 aliphatic rings. The Bertz CT molecular complexity index is 1020. The SMILES string of the molecule is COc1ccc(NC(=O)Cc2csc(-c3ccccc3Cl)n2)cc1NC(C)=O. The number of nitrogens with one attached hydrogen (secondary N) is 2. The van der Waals surface area contributed by atoms with Crippen LogP contribution in [0.2, 0.25) is 5.02 Å². The molecule has 8 heteroatoms. The molecule has 0 bridgehead atoms. The number of halogens is 1. The average molecular weight is 416 g/mol. The summed E-state index contributed by atoms with van der Waals surface area (Å²) in [6.07, 6.45) is 0.127. The zero-order chi connectivity index (χ0) is 20.1. The summed E-state index contributed by atoms with van der Waals surface area (Å²) in [4.78, 5) is 28.2. The van der Waals surface area contributed by atoms with Gasteiger partial charge in [0.25, 0.3) is 0 Å². The summed E-state index contributed by atoms with van der Waals surface area (Å²) in [5, 5.41) is 8.72. The second kappa shape index (κ2) is 8.86. The molecule has 1 aromatic heterocycles. The van der Waals surface area contributed by atoms with Crippen LogP contribution in [0.1, 0.15) is 12.6 Å². The fourth-order valence-electron chi connectivity index (χ4n) is 2.59. The van der Waals surface area contributed by atoms with Gasteiger partial charge in [-0.2, -0.15) is 0 Å². The summed E-state index contributed by atoms with van der Waals surface area (Å²) in [6, 6.07) is 12.5. The van der Waals surface area contributed by atoms with Crippen molar-refractivity contribution in [2.24, 2.45) is 0 Å². The van der Waals surface area contributed by atoms with Crippen LogP contribution in [0.25, 0.3) is 10.6 Å². The Labute approximate surface area is 171 Å². The first-order chi connectivity index (χ1) is 13.5. The third-order valence-electron chi connectivity index (χ3n) is 3.79. The zero-order valence-corrected chi connectivity index (χ0v) is 16.9. The minimum atomic E-state index is -0.226. The van der Waals surface area contributed by atoms with Crippen molar-refractivity contribution < 1.29 is 14.3 Å². The highest BCUT2D eigenvalue weighted by molar-refractivity contribution is 7.13. The molecule has 3 rings (SSSR count). The van der Waals surface area contributed by atoms with Crippen molar-refractivity contribution in [2.45, 2.75) is 13.3 Å². The van der Waals surface area contributed by atoms with Gasteiger partial charge in [-0.1, -0.05) is 29.8 Å². The highest BCUT2D eigenvalue weighted by atomic mass is 35.5. The third-order valence-corrected chi connectivity index (χ3v) is 5.05. The first-order valence-electron chi connectivity index (χ1n) is 8.41. The van der Waals surface area contributed by atoms with Crippen molar-refractivity contribution in [2.75, 3.05) is 17.7 Å². The minimum Gasteiger partial charge on any atom is -0.495 e. The van der Waals surface area contributed by atoms with Gasteiger partial charge in [-0.05, 0) is 24.3 Å². The van der Waals surface area contributed by atoms with Crippen LogP contribution in [0, 0.1) is 0 Å². The number of carbonyl (C=O) groups excluding carboxylic acids is 2. The van der Waals surface area contributed by atoms with Crippen LogP contribution in [0.3, 0.4) is 0 Å². The van der Waals surface area contributed by atoms with E-state index in [9.17, 15) is 9.59 Å². The summed E-state index contributed by atoms with van der Waals surface area (Å²) in [6.45, 7) is 1.41. The van der Waals surface area contributed by atoms with E-state index in [4.69, 9.17) is 16.3 Å². The number of ether oxygens (including phenoxy) is 1. The smallest absolute Gasteiger partial charge is 0.230 e. The van der Waals surface area contributed by atoms with Crippen molar-refractivity contribution in [3.05, 3.63) is 58.6 Å². The maximum absolute atomic E-state index is 12.4. The van der Waals surface area contributed by atoms with E-state index in [2.05, 4.69) is 15.6 Å². The lowest BCUT2D eigenvalue weighted by molar-refractivity contribution is -0.116. The van der Waals surface area contributed by atoms with Crippen molar-refractivity contribution in [3.63, 3.8) is 0 Å². The Morgan fingerprint density at radius 2 is 1.96 bits per heavy atom. The number of amides is 2. The molecule has 0 fully saturated rings. The van der Waals surface area contributed by atoms with Gasteiger partial charge in [0.15, 0.2) is 0 Å². The van der Waals surface area contributed by atoms with Gasteiger partial charge in [-0.25, -0.2) is 4.98 Å². The molecule has 1 heterocycles. The minimum absolute atomic E-state index is 0.127. The second-order valence-electron chi connectivity index (χ2n) is 5.95. The van der Waals surface area contributed by atoms with Crippen molar-refractivity contribution in [3.8, 4) is 16.3 Å². The number of methoxy groups -OCH3 is 1. The Hall–Kier alpha value is -2.90. The number of rotatable bonds is 6. The maximum Gasteiger partial charge on any atom is 0.230 e. The van der Waals surface area contributed by atoms with Crippen LogP contribution in [-0.2, 0) is 16.0 Å². The Morgan fingerprint density at radius 3 is 2.68 bits per heavy atom. The lowest BCUT2D eigenvalue weighted by atomic mass is 10.2. The van der Waals surface area contributed by atoms with E-state index in [1.165, 1.54) is 25.4 Å². The number of anilines is 2. The van der Waals surface area contributed by atoms with E-state index in [1.54, 1.807) is 24.3 Å². The van der Waals surface area contributed by atoms with E-state index in [-0.39, 0.29) is 18.2 Å². The van der Waals surface area contributed by atoms with Crippen molar-refractivity contribution >= 4 is 46.1 Å². The van der Waals surface area contributed by atoms with Gasteiger partial charge in [0.2, 0.25) is 11.8 Å². The molecule has 0 saturated carbocycles. The molecule has 0 spiro atoms. The summed E-state index contributed by atoms with van der Waals surface area (Å²) < 4.78 is 5.21. The molecule has 2 N–H and O–H groups in total. The summed E-state index contributed by atoms with van der Waals surface area (Å²) in [7, 11) is 1.51. The van der Waals surface area contributed by atoms with Crippen molar-refractivity contribution in [1.29, 1.82) is 0 Å². The van der Waals surface area contributed by atoms with E-state index in [1.807, 2.05) is 23.6 Å². The molecule has 0 atom stereocenters. The van der Waals surface area contributed by atoms with Gasteiger partial charge < -0.3 is 15.4 Å². The zero-order valence-electron chi connectivity index (χ0n) is 15.3. The van der Waals surface area contributed by atoms with Gasteiger partial charge in [-0.15, -0.1) is 11.3 Å². The standard InChI is InChI=1S/C20H18ClN3O3S/c1-12(25)22-17-9-13(7-8-18(17)27-2)23-19(26)10-14-11-28-20(24-14)15-5-3-4-6-16(15)21/h3-9,11H,10H2,1-2H3,(H,22,25)(H,23,26). The number of carbonyl (C=O) groups is 2. The molecule has 3 aromatic rings. The van der Waals surface area contributed by atoms with E-state index in [0.29, 0.717) is 27.8 Å². The number of thiazole rings is 1. The average Bonchev–Trinajstić information content (AvgIpc) is 3.10. The molecule has 0 radical (unpaired) electrons. The van der Waals surface area contributed by atoms with Crippen LogP contribution < -0.4 is 15.4 Å². The van der Waals surface area contributed by atoms with Crippen LogP contribution in [0.4, 0.5) is 11.4 Å². The number of hydrogen-bond donors (Lipinski definition) is 2. The number of aromatic nitrogens is 1. The van der Waals surface area contributed by atoms with Crippen LogP contribution in [-0.4, -0.2) is 23.9 Å². The highest BCUT2D eigenvalue weighted by Gasteiger charge is 2.12. The molecule has 144 valence electrons. The first-order valence-corrected chi connectivity index (χ1v) is 9.67. The fourth-order valence-corrected chi connectivity index (χ4v) is 3.73. The topological polar surface area (TPSA) is 80.3 Å². The number of benzene rings is 2. The number of nitrogens with zero attached hydrogens (tertiary/aromatic N) is 1. The summed E-state index contributed by atoms with van der Waals surface area (Å²) >= 11 is 7.64. The molecule has 0 unspecified atom stereocenters. The molecular formula is C20H18ClN3O3S. The molecule has 2 amide bonds. The predicted molar refractivity (Wildman–Crippen MR) is 112 cm³/mol. The Kier molecular flexibility index (Phi) is 6.28. The van der Waals surface area contributed by atoms with Gasteiger partial charge in [-0.3, -0.25) is 9.59 Å². The first kappa shape index (κ1) is 19.9. The van der Waals surface area contributed by atoms with E-state index in [0.717, 1.165) is 10.6 Å². The van der Waals surface area contributed by atoms with Gasteiger partial charge >= 0.3 is 0 Å². The van der Waals surface area contributed by atoms with Gasteiger partial charge in [0, 0.05) is 23.6 Å².